The van der Waals surface area contributed by atoms with Crippen LogP contribution >= 0.6 is 11.6 Å². The van der Waals surface area contributed by atoms with Crippen LogP contribution in [0, 0.1) is 24.2 Å². The fraction of sp³-hybridized carbons (Fsp3) is 0.467. The summed E-state index contributed by atoms with van der Waals surface area (Å²) in [5.74, 6) is 1.27. The number of nitrogens with two attached hydrogens (primary N) is 1. The van der Waals surface area contributed by atoms with E-state index in [-0.39, 0.29) is 17.4 Å². The van der Waals surface area contributed by atoms with Crippen LogP contribution in [0.2, 0.25) is 5.02 Å². The van der Waals surface area contributed by atoms with Crippen molar-refractivity contribution < 1.29 is 4.79 Å². The Kier molecular flexibility index (Phi) is 7.91. The van der Waals surface area contributed by atoms with Crippen LogP contribution in [0.5, 0.6) is 0 Å². The number of aromatic nitrogens is 2. The first-order valence-corrected chi connectivity index (χ1v) is 13.4. The molecular weight excluding hydrogens is 468 g/mol. The van der Waals surface area contributed by atoms with Crippen LogP contribution in [0.4, 0.5) is 0 Å². The normalized spacial score (nSPS) is 20.6. The quantitative estimate of drug-likeness (QED) is 0.361. The van der Waals surface area contributed by atoms with Gasteiger partial charge in [-0.05, 0) is 85.3 Å². The van der Waals surface area contributed by atoms with Crippen molar-refractivity contribution in [3.8, 4) is 11.3 Å². The molecule has 0 radical (unpaired) electrons. The van der Waals surface area contributed by atoms with Crippen LogP contribution in [0.1, 0.15) is 74.1 Å². The van der Waals surface area contributed by atoms with E-state index in [2.05, 4.69) is 45.1 Å². The second kappa shape index (κ2) is 10.8. The molecule has 1 saturated carbocycles. The van der Waals surface area contributed by atoms with Crippen molar-refractivity contribution in [3.05, 3.63) is 75.9 Å². The van der Waals surface area contributed by atoms with Crippen LogP contribution < -0.4 is 11.1 Å². The summed E-state index contributed by atoms with van der Waals surface area (Å²) in [4.78, 5) is 13.4. The summed E-state index contributed by atoms with van der Waals surface area (Å²) in [6.07, 6.45) is 3.51. The second-order valence-corrected chi connectivity index (χ2v) is 11.6. The number of amides is 1. The van der Waals surface area contributed by atoms with Gasteiger partial charge in [-0.1, -0.05) is 62.7 Å². The van der Waals surface area contributed by atoms with Gasteiger partial charge in [0.1, 0.15) is 0 Å². The molecule has 6 heteroatoms. The number of nitrogens with one attached hydrogen (secondary N) is 1. The van der Waals surface area contributed by atoms with Gasteiger partial charge in [0.25, 0.3) is 5.91 Å². The Morgan fingerprint density at radius 3 is 2.47 bits per heavy atom. The third kappa shape index (κ3) is 5.68. The van der Waals surface area contributed by atoms with Gasteiger partial charge in [0.05, 0.1) is 12.2 Å². The molecule has 1 heterocycles. The number of benzene rings is 2. The van der Waals surface area contributed by atoms with E-state index in [1.54, 1.807) is 0 Å². The van der Waals surface area contributed by atoms with Crippen LogP contribution in [0.3, 0.4) is 0 Å². The Morgan fingerprint density at radius 2 is 1.86 bits per heavy atom. The first-order valence-electron chi connectivity index (χ1n) is 13.0. The van der Waals surface area contributed by atoms with Crippen molar-refractivity contribution in [1.29, 1.82) is 0 Å². The summed E-state index contributed by atoms with van der Waals surface area (Å²) in [5, 5.41) is 8.77. The molecule has 0 saturated heterocycles. The van der Waals surface area contributed by atoms with E-state index in [4.69, 9.17) is 22.4 Å². The molecular formula is C30H39ClN4O. The van der Waals surface area contributed by atoms with E-state index in [0.29, 0.717) is 24.7 Å². The average molecular weight is 507 g/mol. The summed E-state index contributed by atoms with van der Waals surface area (Å²) in [7, 11) is 0. The van der Waals surface area contributed by atoms with E-state index >= 15 is 0 Å². The van der Waals surface area contributed by atoms with Crippen molar-refractivity contribution in [1.82, 2.24) is 15.1 Å². The summed E-state index contributed by atoms with van der Waals surface area (Å²) in [5.41, 5.74) is 11.3. The highest BCUT2D eigenvalue weighted by Gasteiger charge is 2.41. The maximum atomic E-state index is 13.4. The molecule has 1 aromatic heterocycles. The highest BCUT2D eigenvalue weighted by molar-refractivity contribution is 6.31. The van der Waals surface area contributed by atoms with Crippen LogP contribution in [-0.2, 0) is 13.1 Å². The van der Waals surface area contributed by atoms with Crippen molar-refractivity contribution in [2.45, 2.75) is 73.0 Å². The fourth-order valence-corrected chi connectivity index (χ4v) is 5.48. The number of hydrogen-bond donors (Lipinski definition) is 2. The number of carbonyl (C=O) groups is 1. The lowest BCUT2D eigenvalue weighted by Crippen LogP contribution is -2.43. The van der Waals surface area contributed by atoms with E-state index in [1.807, 2.05) is 48.0 Å². The summed E-state index contributed by atoms with van der Waals surface area (Å²) >= 11 is 6.29. The van der Waals surface area contributed by atoms with E-state index in [9.17, 15) is 4.79 Å². The maximum absolute atomic E-state index is 13.4. The molecule has 0 spiro atoms. The standard InChI is InChI=1S/C30H39ClN4O/c1-19(2)25-12-13-30(5,16-25)21(4)33-29(36)27-15-28(24-10-11-26(31)20(3)14-24)35(34-27)18-23-8-6-22(17-32)7-9-23/h6-11,14-15,19,21,25H,12-13,16-18,32H2,1-5H3,(H,33,36). The van der Waals surface area contributed by atoms with E-state index in [1.165, 1.54) is 6.42 Å². The lowest BCUT2D eigenvalue weighted by Gasteiger charge is -2.32. The van der Waals surface area contributed by atoms with Gasteiger partial charge in [-0.2, -0.15) is 5.10 Å². The van der Waals surface area contributed by atoms with Crippen molar-refractivity contribution in [2.75, 3.05) is 0 Å². The average Bonchev–Trinajstić information content (AvgIpc) is 3.46. The first kappa shape index (κ1) is 26.4. The van der Waals surface area contributed by atoms with Gasteiger partial charge in [0.15, 0.2) is 5.69 Å². The molecule has 1 aliphatic rings. The highest BCUT2D eigenvalue weighted by Crippen LogP contribution is 2.46. The largest absolute Gasteiger partial charge is 0.348 e. The Hall–Kier alpha value is -2.63. The number of hydrogen-bond acceptors (Lipinski definition) is 3. The molecule has 5 nitrogen and oxygen atoms in total. The number of rotatable bonds is 8. The zero-order valence-electron chi connectivity index (χ0n) is 22.1. The SMILES string of the molecule is Cc1cc(-c2cc(C(=O)NC(C)C3(C)CCC(C(C)C)C3)nn2Cc2ccc(CN)cc2)ccc1Cl. The Labute approximate surface area is 220 Å². The smallest absolute Gasteiger partial charge is 0.272 e. The molecule has 1 fully saturated rings. The van der Waals surface area contributed by atoms with Gasteiger partial charge in [-0.25, -0.2) is 0 Å². The van der Waals surface area contributed by atoms with Crippen LogP contribution in [0.15, 0.2) is 48.5 Å². The Bertz CT molecular complexity index is 1220. The molecule has 36 heavy (non-hydrogen) atoms. The highest BCUT2D eigenvalue weighted by atomic mass is 35.5. The molecule has 1 aliphatic carbocycles. The van der Waals surface area contributed by atoms with Crippen molar-refractivity contribution in [2.24, 2.45) is 23.0 Å². The van der Waals surface area contributed by atoms with E-state index < -0.39 is 0 Å². The number of halogens is 1. The second-order valence-electron chi connectivity index (χ2n) is 11.2. The minimum atomic E-state index is -0.124. The summed E-state index contributed by atoms with van der Waals surface area (Å²) < 4.78 is 1.91. The van der Waals surface area contributed by atoms with Crippen LogP contribution in [0.25, 0.3) is 11.3 Å². The third-order valence-electron chi connectivity index (χ3n) is 8.21. The fourth-order valence-electron chi connectivity index (χ4n) is 5.36. The zero-order chi connectivity index (χ0) is 26.0. The van der Waals surface area contributed by atoms with Crippen molar-refractivity contribution in [3.63, 3.8) is 0 Å². The lowest BCUT2D eigenvalue weighted by atomic mass is 9.79. The molecule has 3 atom stereocenters. The summed E-state index contributed by atoms with van der Waals surface area (Å²) in [6, 6.07) is 16.1. The van der Waals surface area contributed by atoms with Gasteiger partial charge in [0.2, 0.25) is 0 Å². The van der Waals surface area contributed by atoms with Gasteiger partial charge in [-0.15, -0.1) is 0 Å². The molecule has 192 valence electrons. The Balaban J connectivity index is 1.60. The van der Waals surface area contributed by atoms with Gasteiger partial charge in [0, 0.05) is 23.2 Å². The monoisotopic (exact) mass is 506 g/mol. The molecule has 3 N–H and O–H groups in total. The molecule has 1 amide bonds. The van der Waals surface area contributed by atoms with Gasteiger partial charge >= 0.3 is 0 Å². The van der Waals surface area contributed by atoms with Crippen LogP contribution in [-0.4, -0.2) is 21.7 Å². The molecule has 0 bridgehead atoms. The third-order valence-corrected chi connectivity index (χ3v) is 8.63. The number of nitrogens with zero attached hydrogens (tertiary/aromatic N) is 2. The lowest BCUT2D eigenvalue weighted by molar-refractivity contribution is 0.0888. The molecule has 3 unspecified atom stereocenters. The summed E-state index contributed by atoms with van der Waals surface area (Å²) in [6.45, 7) is 12.1. The predicted molar refractivity (Wildman–Crippen MR) is 148 cm³/mol. The maximum Gasteiger partial charge on any atom is 0.272 e. The minimum Gasteiger partial charge on any atom is -0.348 e. The Morgan fingerprint density at radius 1 is 1.17 bits per heavy atom. The molecule has 0 aliphatic heterocycles. The number of carbonyl (C=O) groups excluding carboxylic acids is 1. The zero-order valence-corrected chi connectivity index (χ0v) is 22.9. The van der Waals surface area contributed by atoms with E-state index in [0.717, 1.165) is 51.7 Å². The minimum absolute atomic E-state index is 0.0731. The predicted octanol–water partition coefficient (Wildman–Crippen LogP) is 6.60. The van der Waals surface area contributed by atoms with Gasteiger partial charge < -0.3 is 11.1 Å². The van der Waals surface area contributed by atoms with Crippen molar-refractivity contribution >= 4 is 17.5 Å². The van der Waals surface area contributed by atoms with Gasteiger partial charge in [-0.3, -0.25) is 9.48 Å². The topological polar surface area (TPSA) is 72.9 Å². The molecule has 4 rings (SSSR count). The molecule has 2 aromatic carbocycles. The number of aryl methyl sites for hydroxylation is 1. The first-order chi connectivity index (χ1) is 17.1. The molecule has 3 aromatic rings.